The van der Waals surface area contributed by atoms with Crippen molar-refractivity contribution in [3.05, 3.63) is 0 Å². The molecule has 1 saturated heterocycles. The molecule has 0 bridgehead atoms. The first-order chi connectivity index (χ1) is 6.61. The summed E-state index contributed by atoms with van der Waals surface area (Å²) in [7, 11) is 0. The zero-order valence-electron chi connectivity index (χ0n) is 8.45. The fourth-order valence-electron chi connectivity index (χ4n) is 1.59. The molecule has 0 aromatic rings. The highest BCUT2D eigenvalue weighted by Gasteiger charge is 2.45. The van der Waals surface area contributed by atoms with Crippen molar-refractivity contribution in [1.29, 1.82) is 0 Å². The first-order valence-corrected chi connectivity index (χ1v) is 4.71. The smallest absolute Gasteiger partial charge is 0.418 e. The van der Waals surface area contributed by atoms with Crippen molar-refractivity contribution in [2.45, 2.75) is 26.7 Å². The molecule has 1 heterocycles. The lowest BCUT2D eigenvalue weighted by atomic mass is 9.81. The Bertz CT molecular complexity index is 247. The summed E-state index contributed by atoms with van der Waals surface area (Å²) in [5, 5.41) is 8.86. The second-order valence-electron chi connectivity index (χ2n) is 3.42. The monoisotopic (exact) mass is 201 g/mol. The lowest BCUT2D eigenvalue weighted by Gasteiger charge is -2.37. The van der Waals surface area contributed by atoms with Crippen molar-refractivity contribution < 1.29 is 19.4 Å². The van der Waals surface area contributed by atoms with Gasteiger partial charge in [0.1, 0.15) is 13.3 Å². The van der Waals surface area contributed by atoms with Gasteiger partial charge in [0, 0.05) is 0 Å². The van der Waals surface area contributed by atoms with Crippen LogP contribution in [0.4, 0.5) is 4.79 Å². The van der Waals surface area contributed by atoms with Gasteiger partial charge in [-0.1, -0.05) is 13.8 Å². The van der Waals surface area contributed by atoms with E-state index in [1.165, 1.54) is 0 Å². The third-order valence-corrected chi connectivity index (χ3v) is 2.89. The number of cyclic esters (lactones) is 1. The van der Waals surface area contributed by atoms with Crippen LogP contribution in [0.2, 0.25) is 0 Å². The number of hydrogen-bond acceptors (Lipinski definition) is 4. The van der Waals surface area contributed by atoms with E-state index in [2.05, 4.69) is 0 Å². The van der Waals surface area contributed by atoms with Crippen LogP contribution in [-0.4, -0.2) is 35.3 Å². The molecule has 0 aromatic carbocycles. The van der Waals surface area contributed by atoms with E-state index in [1.54, 1.807) is 0 Å². The molecule has 0 unspecified atom stereocenters. The third-order valence-electron chi connectivity index (χ3n) is 2.89. The van der Waals surface area contributed by atoms with Crippen molar-refractivity contribution in [1.82, 2.24) is 4.90 Å². The quantitative estimate of drug-likeness (QED) is 0.730. The molecule has 80 valence electrons. The summed E-state index contributed by atoms with van der Waals surface area (Å²) in [5.41, 5.74) is -0.642. The number of aliphatic hydroxyl groups excluding tert-OH is 1. The van der Waals surface area contributed by atoms with E-state index >= 15 is 0 Å². The van der Waals surface area contributed by atoms with E-state index in [0.717, 1.165) is 4.90 Å². The maximum Gasteiger partial charge on any atom is 0.418 e. The Labute approximate surface area is 82.6 Å². The van der Waals surface area contributed by atoms with E-state index in [1.807, 2.05) is 13.8 Å². The van der Waals surface area contributed by atoms with Crippen LogP contribution in [0.5, 0.6) is 0 Å². The average Bonchev–Trinajstić information content (AvgIpc) is 2.20. The molecule has 0 spiro atoms. The number of hydrogen-bond donors (Lipinski definition) is 1. The fraction of sp³-hybridized carbons (Fsp3) is 0.778. The molecule has 5 nitrogen and oxygen atoms in total. The Morgan fingerprint density at radius 3 is 2.43 bits per heavy atom. The highest BCUT2D eigenvalue weighted by molar-refractivity contribution is 5.97. The topological polar surface area (TPSA) is 66.8 Å². The van der Waals surface area contributed by atoms with E-state index < -0.39 is 18.2 Å². The molecule has 0 atom stereocenters. The minimum Gasteiger partial charge on any atom is -0.448 e. The van der Waals surface area contributed by atoms with Crippen molar-refractivity contribution in [2.75, 3.05) is 13.3 Å². The number of carbonyl (C=O) groups excluding carboxylic acids is 2. The van der Waals surface area contributed by atoms with Gasteiger partial charge in [-0.3, -0.25) is 4.79 Å². The predicted octanol–water partition coefficient (Wildman–Crippen LogP) is 0.721. The number of imide groups is 1. The van der Waals surface area contributed by atoms with Crippen LogP contribution < -0.4 is 0 Å². The molecule has 5 heteroatoms. The molecule has 0 aromatic heterocycles. The maximum absolute atomic E-state index is 11.8. The average molecular weight is 201 g/mol. The van der Waals surface area contributed by atoms with Gasteiger partial charge in [-0.2, -0.15) is 0 Å². The first-order valence-electron chi connectivity index (χ1n) is 4.71. The van der Waals surface area contributed by atoms with Crippen molar-refractivity contribution in [2.24, 2.45) is 5.41 Å². The number of ether oxygens (including phenoxy) is 1. The van der Waals surface area contributed by atoms with Gasteiger partial charge in [-0.05, 0) is 12.8 Å². The highest BCUT2D eigenvalue weighted by atomic mass is 16.6. The molecule has 14 heavy (non-hydrogen) atoms. The molecule has 1 N–H and O–H groups in total. The summed E-state index contributed by atoms with van der Waals surface area (Å²) >= 11 is 0. The largest absolute Gasteiger partial charge is 0.448 e. The van der Waals surface area contributed by atoms with Crippen molar-refractivity contribution in [3.63, 3.8) is 0 Å². The van der Waals surface area contributed by atoms with Crippen LogP contribution >= 0.6 is 0 Å². The number of nitrogens with zero attached hydrogens (tertiary/aromatic N) is 1. The molecule has 0 radical (unpaired) electrons. The Morgan fingerprint density at radius 2 is 2.00 bits per heavy atom. The lowest BCUT2D eigenvalue weighted by Crippen LogP contribution is -2.54. The summed E-state index contributed by atoms with van der Waals surface area (Å²) in [6.07, 6.45) is 0.452. The van der Waals surface area contributed by atoms with Crippen LogP contribution in [0, 0.1) is 5.41 Å². The summed E-state index contributed by atoms with van der Waals surface area (Å²) in [6.45, 7) is 3.25. The maximum atomic E-state index is 11.8. The number of aliphatic hydroxyl groups is 1. The molecule has 0 saturated carbocycles. The van der Waals surface area contributed by atoms with Gasteiger partial charge in [-0.25, -0.2) is 9.69 Å². The molecular weight excluding hydrogens is 186 g/mol. The van der Waals surface area contributed by atoms with Crippen LogP contribution in [0.25, 0.3) is 0 Å². The minimum absolute atomic E-state index is 0.119. The summed E-state index contributed by atoms with van der Waals surface area (Å²) in [4.78, 5) is 23.6. The molecule has 1 aliphatic rings. The molecule has 0 aliphatic carbocycles. The van der Waals surface area contributed by atoms with E-state index in [9.17, 15) is 9.59 Å². The Balaban J connectivity index is 2.93. The van der Waals surface area contributed by atoms with Gasteiger partial charge >= 0.3 is 6.09 Å². The molecule has 1 rings (SSSR count). The number of rotatable bonds is 3. The Hall–Kier alpha value is -1.10. The second-order valence-corrected chi connectivity index (χ2v) is 3.42. The number of carbonyl (C=O) groups is 2. The zero-order chi connectivity index (χ0) is 10.8. The number of amides is 2. The van der Waals surface area contributed by atoms with E-state index in [4.69, 9.17) is 9.84 Å². The van der Waals surface area contributed by atoms with Crippen LogP contribution in [0.3, 0.4) is 0 Å². The Morgan fingerprint density at radius 1 is 1.43 bits per heavy atom. The van der Waals surface area contributed by atoms with Crippen LogP contribution in [0.15, 0.2) is 0 Å². The normalized spacial score (nSPS) is 20.9. The van der Waals surface area contributed by atoms with Gasteiger partial charge in [0.25, 0.3) is 0 Å². The molecule has 1 aliphatic heterocycles. The van der Waals surface area contributed by atoms with Gasteiger partial charge in [0.05, 0.1) is 5.41 Å². The van der Waals surface area contributed by atoms with E-state index in [-0.39, 0.29) is 12.5 Å². The van der Waals surface area contributed by atoms with Gasteiger partial charge in [0.15, 0.2) is 0 Å². The van der Waals surface area contributed by atoms with Gasteiger partial charge in [0.2, 0.25) is 5.91 Å². The van der Waals surface area contributed by atoms with Gasteiger partial charge in [-0.15, -0.1) is 0 Å². The predicted molar refractivity (Wildman–Crippen MR) is 48.3 cm³/mol. The highest BCUT2D eigenvalue weighted by Crippen LogP contribution is 2.32. The first kappa shape index (κ1) is 11.0. The zero-order valence-corrected chi connectivity index (χ0v) is 8.45. The molecule has 1 fully saturated rings. The van der Waals surface area contributed by atoms with Gasteiger partial charge < -0.3 is 9.84 Å². The van der Waals surface area contributed by atoms with E-state index in [0.29, 0.717) is 12.8 Å². The Kier molecular flexibility index (Phi) is 3.10. The fourth-order valence-corrected chi connectivity index (χ4v) is 1.59. The third kappa shape index (κ3) is 1.48. The van der Waals surface area contributed by atoms with Crippen molar-refractivity contribution in [3.8, 4) is 0 Å². The summed E-state index contributed by atoms with van der Waals surface area (Å²) in [6, 6.07) is 0. The molecule has 2 amide bonds. The lowest BCUT2D eigenvalue weighted by molar-refractivity contribution is -0.153. The second kappa shape index (κ2) is 3.96. The van der Waals surface area contributed by atoms with Crippen LogP contribution in [-0.2, 0) is 9.53 Å². The van der Waals surface area contributed by atoms with Crippen LogP contribution in [0.1, 0.15) is 26.7 Å². The SMILES string of the molecule is CCC1(CC)COC(=O)N(CO)C1=O. The standard InChI is InChI=1S/C9H15NO4/c1-3-9(4-2)5-14-8(13)10(6-11)7(9)12/h11H,3-6H2,1-2H3. The van der Waals surface area contributed by atoms with Crippen molar-refractivity contribution >= 4 is 12.0 Å². The summed E-state index contributed by atoms with van der Waals surface area (Å²) < 4.78 is 4.86. The summed E-state index contributed by atoms with van der Waals surface area (Å²) in [5.74, 6) is -0.332. The molecular formula is C9H15NO4. The minimum atomic E-state index is -0.755.